The van der Waals surface area contributed by atoms with Crippen molar-refractivity contribution in [2.24, 2.45) is 10.4 Å². The van der Waals surface area contributed by atoms with E-state index >= 15 is 0 Å². The summed E-state index contributed by atoms with van der Waals surface area (Å²) in [5.74, 6) is 0.793. The van der Waals surface area contributed by atoms with E-state index in [1.807, 2.05) is 19.1 Å². The molecule has 2 rings (SSSR count). The molecule has 1 aromatic carbocycles. The van der Waals surface area contributed by atoms with Crippen molar-refractivity contribution in [2.75, 3.05) is 40.9 Å². The van der Waals surface area contributed by atoms with E-state index in [1.54, 1.807) is 19.2 Å². The second-order valence-electron chi connectivity index (χ2n) is 7.93. The summed E-state index contributed by atoms with van der Waals surface area (Å²) in [6, 6.07) is 6.92. The molecule has 0 heterocycles. The highest BCUT2D eigenvalue weighted by Gasteiger charge is 2.33. The smallest absolute Gasteiger partial charge is 0.242 e. The van der Waals surface area contributed by atoms with Crippen molar-refractivity contribution in [3.8, 4) is 0 Å². The summed E-state index contributed by atoms with van der Waals surface area (Å²) in [5, 5.41) is 6.82. The molecule has 1 aliphatic rings. The maximum atomic E-state index is 12.2. The number of hydrogen-bond acceptors (Lipinski definition) is 4. The lowest BCUT2D eigenvalue weighted by atomic mass is 9.83. The Bertz CT molecular complexity index is 755. The average molecular weight is 425 g/mol. The number of methoxy groups -OCH3 is 1. The van der Waals surface area contributed by atoms with E-state index in [-0.39, 0.29) is 5.41 Å². The zero-order chi connectivity index (χ0) is 21.3. The first kappa shape index (κ1) is 23.6. The van der Waals surface area contributed by atoms with Crippen molar-refractivity contribution < 1.29 is 13.2 Å². The number of hydrogen-bond donors (Lipinski definition) is 2. The molecule has 2 N–H and O–H groups in total. The van der Waals surface area contributed by atoms with Crippen molar-refractivity contribution in [1.82, 2.24) is 14.9 Å². The lowest BCUT2D eigenvalue weighted by Crippen LogP contribution is -2.43. The first-order valence-corrected chi connectivity index (χ1v) is 11.8. The minimum absolute atomic E-state index is 0.286. The molecule has 0 unspecified atom stereocenters. The lowest BCUT2D eigenvalue weighted by Gasteiger charge is -2.30. The lowest BCUT2D eigenvalue weighted by molar-refractivity contribution is 0.138. The van der Waals surface area contributed by atoms with Gasteiger partial charge in [0, 0.05) is 40.9 Å². The van der Waals surface area contributed by atoms with E-state index < -0.39 is 10.0 Å². The molecule has 1 aromatic rings. The Morgan fingerprint density at radius 1 is 1.17 bits per heavy atom. The highest BCUT2D eigenvalue weighted by atomic mass is 32.2. The number of rotatable bonds is 10. The number of nitrogens with one attached hydrogen (secondary N) is 2. The quantitative estimate of drug-likeness (QED) is 0.446. The van der Waals surface area contributed by atoms with Crippen LogP contribution in [-0.4, -0.2) is 59.6 Å². The summed E-state index contributed by atoms with van der Waals surface area (Å²) in [4.78, 5) is 4.98. The molecule has 0 atom stereocenters. The molecule has 7 nitrogen and oxygen atoms in total. The van der Waals surface area contributed by atoms with Gasteiger partial charge in [0.15, 0.2) is 5.96 Å². The van der Waals surface area contributed by atoms with Crippen molar-refractivity contribution in [1.29, 1.82) is 0 Å². The first-order chi connectivity index (χ1) is 13.8. The maximum absolute atomic E-state index is 12.2. The summed E-state index contributed by atoms with van der Waals surface area (Å²) in [6.07, 6.45) is 6.08. The Morgan fingerprint density at radius 2 is 1.83 bits per heavy atom. The maximum Gasteiger partial charge on any atom is 0.242 e. The van der Waals surface area contributed by atoms with Crippen LogP contribution in [0.1, 0.15) is 44.6 Å². The minimum Gasteiger partial charge on any atom is -0.385 e. The normalized spacial score (nSPS) is 16.9. The van der Waals surface area contributed by atoms with Gasteiger partial charge in [-0.2, -0.15) is 0 Å². The predicted molar refractivity (Wildman–Crippen MR) is 118 cm³/mol. The summed E-state index contributed by atoms with van der Waals surface area (Å²) >= 11 is 0. The summed E-state index contributed by atoms with van der Waals surface area (Å²) < 4.78 is 30.9. The minimum atomic E-state index is -3.40. The third kappa shape index (κ3) is 6.69. The van der Waals surface area contributed by atoms with Gasteiger partial charge in [-0.25, -0.2) is 17.7 Å². The monoisotopic (exact) mass is 424 g/mol. The fraction of sp³-hybridized carbons (Fsp3) is 0.667. The van der Waals surface area contributed by atoms with Crippen molar-refractivity contribution in [3.05, 3.63) is 29.8 Å². The molecule has 29 heavy (non-hydrogen) atoms. The molecule has 0 amide bonds. The van der Waals surface area contributed by atoms with Gasteiger partial charge in [0.25, 0.3) is 0 Å². The van der Waals surface area contributed by atoms with E-state index in [9.17, 15) is 8.42 Å². The second-order valence-corrected chi connectivity index (χ2v) is 10.1. The third-order valence-corrected chi connectivity index (χ3v) is 7.43. The topological polar surface area (TPSA) is 83.0 Å². The summed E-state index contributed by atoms with van der Waals surface area (Å²) in [6.45, 7) is 5.01. The van der Waals surface area contributed by atoms with Gasteiger partial charge in [0.05, 0.1) is 11.4 Å². The van der Waals surface area contributed by atoms with Crippen molar-refractivity contribution >= 4 is 16.0 Å². The first-order valence-electron chi connectivity index (χ1n) is 10.4. The molecule has 164 valence electrons. The summed E-state index contributed by atoms with van der Waals surface area (Å²) in [7, 11) is 1.42. The van der Waals surface area contributed by atoms with Gasteiger partial charge in [-0.3, -0.25) is 0 Å². The Hall–Kier alpha value is -1.64. The molecule has 0 spiro atoms. The molecule has 0 saturated heterocycles. The number of aliphatic imine (C=N–C) groups is 1. The Labute approximate surface area is 176 Å². The van der Waals surface area contributed by atoms with Gasteiger partial charge >= 0.3 is 0 Å². The third-order valence-electron chi connectivity index (χ3n) is 5.60. The molecular weight excluding hydrogens is 388 g/mol. The van der Waals surface area contributed by atoms with Gasteiger partial charge in [-0.15, -0.1) is 0 Å². The van der Waals surface area contributed by atoms with Crippen LogP contribution in [0.25, 0.3) is 0 Å². The summed E-state index contributed by atoms with van der Waals surface area (Å²) in [5.41, 5.74) is 1.25. The highest BCUT2D eigenvalue weighted by Crippen LogP contribution is 2.40. The van der Waals surface area contributed by atoms with Crippen LogP contribution in [0, 0.1) is 5.41 Å². The SMILES string of the molecule is CCNC(=NCc1ccc(S(=O)(=O)N(C)C)cc1)NCC1(CCOC)CCCC1. The zero-order valence-corrected chi connectivity index (χ0v) is 19.0. The fourth-order valence-corrected chi connectivity index (χ4v) is 4.62. The molecule has 8 heteroatoms. The Kier molecular flexibility index (Phi) is 8.92. The van der Waals surface area contributed by atoms with Gasteiger partial charge in [0.2, 0.25) is 10.0 Å². The molecule has 0 radical (unpaired) electrons. The van der Waals surface area contributed by atoms with E-state index in [1.165, 1.54) is 44.1 Å². The van der Waals surface area contributed by atoms with Gasteiger partial charge in [-0.1, -0.05) is 25.0 Å². The van der Waals surface area contributed by atoms with E-state index in [2.05, 4.69) is 15.6 Å². The Balaban J connectivity index is 2.01. The standard InChI is InChI=1S/C21H36N4O3S/c1-5-22-20(24-17-21(14-15-28-4)12-6-7-13-21)23-16-18-8-10-19(11-9-18)29(26,27)25(2)3/h8-11H,5-7,12-17H2,1-4H3,(H2,22,23,24). The van der Waals surface area contributed by atoms with Crippen LogP contribution >= 0.6 is 0 Å². The van der Waals surface area contributed by atoms with Crippen LogP contribution in [0.3, 0.4) is 0 Å². The Morgan fingerprint density at radius 3 is 2.38 bits per heavy atom. The van der Waals surface area contributed by atoms with E-state index in [0.29, 0.717) is 11.4 Å². The zero-order valence-electron chi connectivity index (χ0n) is 18.2. The van der Waals surface area contributed by atoms with Gasteiger partial charge in [-0.05, 0) is 49.3 Å². The van der Waals surface area contributed by atoms with Crippen LogP contribution in [-0.2, 0) is 21.3 Å². The molecule has 1 aliphatic carbocycles. The number of guanidine groups is 1. The number of sulfonamides is 1. The van der Waals surface area contributed by atoms with Crippen LogP contribution in [0.2, 0.25) is 0 Å². The molecule has 0 aromatic heterocycles. The van der Waals surface area contributed by atoms with E-state index in [0.717, 1.165) is 37.6 Å². The molecule has 0 aliphatic heterocycles. The molecule has 0 bridgehead atoms. The van der Waals surface area contributed by atoms with Crippen LogP contribution in [0.4, 0.5) is 0 Å². The largest absolute Gasteiger partial charge is 0.385 e. The van der Waals surface area contributed by atoms with Crippen LogP contribution in [0.5, 0.6) is 0 Å². The predicted octanol–water partition coefficient (Wildman–Crippen LogP) is 2.59. The highest BCUT2D eigenvalue weighted by molar-refractivity contribution is 7.89. The van der Waals surface area contributed by atoms with Crippen LogP contribution in [0.15, 0.2) is 34.2 Å². The van der Waals surface area contributed by atoms with E-state index in [4.69, 9.17) is 4.74 Å². The van der Waals surface area contributed by atoms with Gasteiger partial charge < -0.3 is 15.4 Å². The molecule has 1 saturated carbocycles. The second kappa shape index (κ2) is 10.9. The van der Waals surface area contributed by atoms with Crippen molar-refractivity contribution in [3.63, 3.8) is 0 Å². The van der Waals surface area contributed by atoms with Gasteiger partial charge in [0.1, 0.15) is 0 Å². The molecular formula is C21H36N4O3S. The molecule has 1 fully saturated rings. The average Bonchev–Trinajstić information content (AvgIpc) is 3.18. The number of benzene rings is 1. The number of ether oxygens (including phenoxy) is 1. The van der Waals surface area contributed by atoms with Crippen molar-refractivity contribution in [2.45, 2.75) is 50.5 Å². The fourth-order valence-electron chi connectivity index (χ4n) is 3.72. The number of nitrogens with zero attached hydrogens (tertiary/aromatic N) is 2. The van der Waals surface area contributed by atoms with Crippen LogP contribution < -0.4 is 10.6 Å².